The molecule has 0 radical (unpaired) electrons. The fourth-order valence-electron chi connectivity index (χ4n) is 3.15. The number of fused-ring (bicyclic) bond motifs is 1. The molecule has 1 saturated carbocycles. The van der Waals surface area contributed by atoms with E-state index in [2.05, 4.69) is 15.6 Å². The molecule has 31 heavy (non-hydrogen) atoms. The molecule has 1 aromatic heterocycles. The number of benzene rings is 2. The number of rotatable bonds is 6. The van der Waals surface area contributed by atoms with Gasteiger partial charge in [0.25, 0.3) is 5.91 Å². The maximum atomic E-state index is 12.6. The number of amides is 2. The maximum absolute atomic E-state index is 12.6. The minimum Gasteiger partial charge on any atom is -0.495 e. The molecule has 0 aliphatic heterocycles. The molecule has 1 heterocycles. The van der Waals surface area contributed by atoms with E-state index in [4.69, 9.17) is 9.15 Å². The van der Waals surface area contributed by atoms with Gasteiger partial charge in [0.05, 0.1) is 7.11 Å². The summed E-state index contributed by atoms with van der Waals surface area (Å²) in [6, 6.07) is 11.1. The summed E-state index contributed by atoms with van der Waals surface area (Å²) in [5.41, 5.74) is 5.83. The number of carbonyl (C=O) groups is 2. The Morgan fingerprint density at radius 2 is 1.77 bits per heavy atom. The third-order valence-electron chi connectivity index (χ3n) is 4.95. The van der Waals surface area contributed by atoms with Crippen molar-refractivity contribution in [2.45, 2.75) is 30.7 Å². The Kier molecular flexibility index (Phi) is 5.42. The molecular formula is C21H21N3O6S. The van der Waals surface area contributed by atoms with Gasteiger partial charge in [0.2, 0.25) is 10.0 Å². The highest BCUT2D eigenvalue weighted by Gasteiger charge is 2.30. The first kappa shape index (κ1) is 20.9. The van der Waals surface area contributed by atoms with Crippen molar-refractivity contribution in [1.29, 1.82) is 0 Å². The number of hydrogen-bond acceptors (Lipinski definition) is 6. The Hall–Kier alpha value is -3.37. The maximum Gasteiger partial charge on any atom is 0.305 e. The van der Waals surface area contributed by atoms with Crippen molar-refractivity contribution < 1.29 is 27.2 Å². The highest BCUT2D eigenvalue weighted by atomic mass is 32.2. The lowest BCUT2D eigenvalue weighted by Crippen LogP contribution is -2.41. The first-order chi connectivity index (χ1) is 14.8. The van der Waals surface area contributed by atoms with Crippen LogP contribution in [0.4, 0.5) is 0 Å². The van der Waals surface area contributed by atoms with Crippen molar-refractivity contribution in [3.05, 3.63) is 59.4 Å². The van der Waals surface area contributed by atoms with E-state index in [0.717, 1.165) is 18.2 Å². The molecule has 3 aromatic rings. The first-order valence-electron chi connectivity index (χ1n) is 9.59. The van der Waals surface area contributed by atoms with E-state index in [1.807, 2.05) is 12.1 Å². The topological polar surface area (TPSA) is 127 Å². The minimum atomic E-state index is -3.85. The summed E-state index contributed by atoms with van der Waals surface area (Å²) < 4.78 is 38.5. The highest BCUT2D eigenvalue weighted by molar-refractivity contribution is 7.89. The van der Waals surface area contributed by atoms with Crippen LogP contribution in [0.25, 0.3) is 11.0 Å². The SMILES string of the molecule is COc1ccc(C(=O)NNC(=O)c2oc3ccccc3c2C)cc1S(=O)(=O)NC1CC1. The summed E-state index contributed by atoms with van der Waals surface area (Å²) in [6.07, 6.45) is 1.55. The summed E-state index contributed by atoms with van der Waals surface area (Å²) in [4.78, 5) is 24.9. The van der Waals surface area contributed by atoms with Gasteiger partial charge in [0, 0.05) is 22.6 Å². The quantitative estimate of drug-likeness (QED) is 0.502. The fraction of sp³-hybridized carbons (Fsp3) is 0.238. The molecule has 10 heteroatoms. The number of para-hydroxylation sites is 1. The average molecular weight is 443 g/mol. The number of hydrazine groups is 1. The van der Waals surface area contributed by atoms with Crippen molar-refractivity contribution in [2.75, 3.05) is 7.11 Å². The van der Waals surface area contributed by atoms with Crippen molar-refractivity contribution in [3.63, 3.8) is 0 Å². The van der Waals surface area contributed by atoms with E-state index in [1.165, 1.54) is 25.3 Å². The van der Waals surface area contributed by atoms with Gasteiger partial charge in [0.1, 0.15) is 16.2 Å². The lowest BCUT2D eigenvalue weighted by Gasteiger charge is -2.12. The fourth-order valence-corrected chi connectivity index (χ4v) is 4.65. The van der Waals surface area contributed by atoms with Crippen molar-refractivity contribution >= 4 is 32.8 Å². The van der Waals surface area contributed by atoms with Crippen molar-refractivity contribution in [1.82, 2.24) is 15.6 Å². The number of hydrogen-bond donors (Lipinski definition) is 3. The molecule has 1 fully saturated rings. The number of ether oxygens (including phenoxy) is 1. The zero-order valence-electron chi connectivity index (χ0n) is 16.9. The highest BCUT2D eigenvalue weighted by Crippen LogP contribution is 2.28. The summed E-state index contributed by atoms with van der Waals surface area (Å²) in [5, 5.41) is 0.798. The van der Waals surface area contributed by atoms with Crippen LogP contribution in [0.5, 0.6) is 5.75 Å². The predicted octanol–water partition coefficient (Wildman–Crippen LogP) is 2.27. The molecule has 0 bridgehead atoms. The summed E-state index contributed by atoms with van der Waals surface area (Å²) in [5.74, 6) is -1.12. The molecule has 0 unspecified atom stereocenters. The standard InChI is InChI=1S/C21H21N3O6S/c1-12-15-5-3-4-6-16(15)30-19(12)21(26)23-22-20(25)13-7-10-17(29-2)18(11-13)31(27,28)24-14-8-9-14/h3-7,10-11,14,24H,8-9H2,1-2H3,(H,22,25)(H,23,26). The molecule has 0 atom stereocenters. The molecule has 4 rings (SSSR count). The van der Waals surface area contributed by atoms with E-state index < -0.39 is 21.8 Å². The Bertz CT molecular complexity index is 1280. The van der Waals surface area contributed by atoms with Crippen LogP contribution in [0.3, 0.4) is 0 Å². The van der Waals surface area contributed by atoms with Crippen molar-refractivity contribution in [2.24, 2.45) is 0 Å². The van der Waals surface area contributed by atoms with Crippen LogP contribution in [0.2, 0.25) is 0 Å². The van der Waals surface area contributed by atoms with Crippen LogP contribution in [0.15, 0.2) is 51.8 Å². The van der Waals surface area contributed by atoms with Crippen LogP contribution < -0.4 is 20.3 Å². The van der Waals surface area contributed by atoms with E-state index >= 15 is 0 Å². The first-order valence-corrected chi connectivity index (χ1v) is 11.1. The van der Waals surface area contributed by atoms with E-state index in [-0.39, 0.29) is 28.0 Å². The Morgan fingerprint density at radius 1 is 1.06 bits per heavy atom. The molecule has 2 aromatic carbocycles. The van der Waals surface area contributed by atoms with Crippen LogP contribution in [-0.2, 0) is 10.0 Å². The van der Waals surface area contributed by atoms with Crippen LogP contribution in [0.1, 0.15) is 39.3 Å². The zero-order valence-corrected chi connectivity index (χ0v) is 17.7. The van der Waals surface area contributed by atoms with Gasteiger partial charge in [-0.2, -0.15) is 0 Å². The van der Waals surface area contributed by atoms with Crippen LogP contribution in [-0.4, -0.2) is 33.4 Å². The smallest absolute Gasteiger partial charge is 0.305 e. The number of furan rings is 1. The number of carbonyl (C=O) groups excluding carboxylic acids is 2. The van der Waals surface area contributed by atoms with E-state index in [0.29, 0.717) is 11.1 Å². The van der Waals surface area contributed by atoms with Gasteiger partial charge in [-0.15, -0.1) is 0 Å². The molecule has 1 aliphatic rings. The number of aryl methyl sites for hydroxylation is 1. The summed E-state index contributed by atoms with van der Waals surface area (Å²) >= 11 is 0. The second-order valence-corrected chi connectivity index (χ2v) is 8.90. The summed E-state index contributed by atoms with van der Waals surface area (Å²) in [7, 11) is -2.50. The Morgan fingerprint density at radius 3 is 2.45 bits per heavy atom. The lowest BCUT2D eigenvalue weighted by molar-refractivity contribution is 0.0831. The Balaban J connectivity index is 1.51. The molecule has 3 N–H and O–H groups in total. The average Bonchev–Trinajstić information content (AvgIpc) is 3.51. The largest absolute Gasteiger partial charge is 0.495 e. The molecule has 162 valence electrons. The molecule has 0 spiro atoms. The number of methoxy groups -OCH3 is 1. The Labute approximate surface area is 178 Å². The van der Waals surface area contributed by atoms with E-state index in [1.54, 1.807) is 19.1 Å². The van der Waals surface area contributed by atoms with Crippen molar-refractivity contribution in [3.8, 4) is 5.75 Å². The molecular weight excluding hydrogens is 422 g/mol. The third-order valence-corrected chi connectivity index (χ3v) is 6.50. The second kappa shape index (κ2) is 8.05. The lowest BCUT2D eigenvalue weighted by atomic mass is 10.1. The molecule has 2 amide bonds. The van der Waals surface area contributed by atoms with Gasteiger partial charge < -0.3 is 9.15 Å². The van der Waals surface area contributed by atoms with Gasteiger partial charge in [-0.1, -0.05) is 18.2 Å². The van der Waals surface area contributed by atoms with Crippen LogP contribution in [0, 0.1) is 6.92 Å². The molecule has 1 aliphatic carbocycles. The molecule has 9 nitrogen and oxygen atoms in total. The minimum absolute atomic E-state index is 0.0404. The van der Waals surface area contributed by atoms with Crippen LogP contribution >= 0.6 is 0 Å². The van der Waals surface area contributed by atoms with Gasteiger partial charge in [0.15, 0.2) is 5.76 Å². The second-order valence-electron chi connectivity index (χ2n) is 7.22. The zero-order chi connectivity index (χ0) is 22.2. The summed E-state index contributed by atoms with van der Waals surface area (Å²) in [6.45, 7) is 1.75. The number of nitrogens with one attached hydrogen (secondary N) is 3. The molecule has 0 saturated heterocycles. The monoisotopic (exact) mass is 443 g/mol. The third kappa shape index (κ3) is 4.25. The number of sulfonamides is 1. The van der Waals surface area contributed by atoms with Gasteiger partial charge in [-0.25, -0.2) is 13.1 Å². The normalized spacial score (nSPS) is 13.7. The van der Waals surface area contributed by atoms with Gasteiger partial charge >= 0.3 is 5.91 Å². The predicted molar refractivity (Wildman–Crippen MR) is 112 cm³/mol. The van der Waals surface area contributed by atoms with Gasteiger partial charge in [-0.05, 0) is 44.0 Å². The van der Waals surface area contributed by atoms with Gasteiger partial charge in [-0.3, -0.25) is 20.4 Å². The van der Waals surface area contributed by atoms with E-state index in [9.17, 15) is 18.0 Å².